The Balaban J connectivity index is 1.40. The lowest BCUT2D eigenvalue weighted by Crippen LogP contribution is -2.10. The van der Waals surface area contributed by atoms with E-state index in [0.29, 0.717) is 0 Å². The van der Waals surface area contributed by atoms with Crippen molar-refractivity contribution < 1.29 is 0 Å². The van der Waals surface area contributed by atoms with Gasteiger partial charge in [0.05, 0.1) is 20.8 Å². The van der Waals surface area contributed by atoms with Crippen molar-refractivity contribution in [1.82, 2.24) is 4.98 Å². The molecule has 39 heavy (non-hydrogen) atoms. The number of benzene rings is 5. The molecule has 0 aliphatic rings. The van der Waals surface area contributed by atoms with Gasteiger partial charge < -0.3 is 4.90 Å². The number of pyridine rings is 1. The monoisotopic (exact) mass is 534 g/mol. The SMILES string of the molecule is c1ccc2c(c1)sc1c(N(c3ccc(-c4ccncc4)cc3)c3cccc4c3sc3ccccc34)cccc12. The van der Waals surface area contributed by atoms with Crippen molar-refractivity contribution in [3.63, 3.8) is 0 Å². The molecule has 0 aliphatic carbocycles. The summed E-state index contributed by atoms with van der Waals surface area (Å²) in [5, 5.41) is 5.23. The molecule has 0 radical (unpaired) electrons. The van der Waals surface area contributed by atoms with Crippen molar-refractivity contribution >= 4 is 80.1 Å². The third kappa shape index (κ3) is 3.64. The fourth-order valence-corrected chi connectivity index (χ4v) is 7.98. The summed E-state index contributed by atoms with van der Waals surface area (Å²) in [6.45, 7) is 0. The summed E-state index contributed by atoms with van der Waals surface area (Å²) in [6, 6.07) is 43.9. The van der Waals surface area contributed by atoms with Crippen LogP contribution in [0.5, 0.6) is 0 Å². The van der Waals surface area contributed by atoms with Crippen LogP contribution >= 0.6 is 22.7 Å². The first-order valence-corrected chi connectivity index (χ1v) is 14.6. The van der Waals surface area contributed by atoms with Gasteiger partial charge in [0.1, 0.15) is 0 Å². The van der Waals surface area contributed by atoms with E-state index in [4.69, 9.17) is 0 Å². The maximum Gasteiger partial charge on any atom is 0.0640 e. The predicted molar refractivity (Wildman–Crippen MR) is 170 cm³/mol. The van der Waals surface area contributed by atoms with E-state index < -0.39 is 0 Å². The molecule has 2 nitrogen and oxygen atoms in total. The van der Waals surface area contributed by atoms with E-state index >= 15 is 0 Å². The molecule has 0 bridgehead atoms. The molecule has 0 amide bonds. The molecule has 0 aliphatic heterocycles. The first kappa shape index (κ1) is 22.5. The number of hydrogen-bond donors (Lipinski definition) is 0. The zero-order valence-electron chi connectivity index (χ0n) is 20.9. The molecule has 0 unspecified atom stereocenters. The Labute approximate surface area is 234 Å². The number of nitrogens with zero attached hydrogens (tertiary/aromatic N) is 2. The number of aromatic nitrogens is 1. The van der Waals surface area contributed by atoms with Gasteiger partial charge in [-0.25, -0.2) is 0 Å². The van der Waals surface area contributed by atoms with Gasteiger partial charge in [0.25, 0.3) is 0 Å². The third-order valence-electron chi connectivity index (χ3n) is 7.39. The molecule has 3 heterocycles. The van der Waals surface area contributed by atoms with Gasteiger partial charge in [0, 0.05) is 49.0 Å². The van der Waals surface area contributed by atoms with Crippen LogP contribution in [0.3, 0.4) is 0 Å². The van der Waals surface area contributed by atoms with E-state index in [0.717, 1.165) is 5.69 Å². The van der Waals surface area contributed by atoms with Gasteiger partial charge in [0.2, 0.25) is 0 Å². The summed E-state index contributed by atoms with van der Waals surface area (Å²) in [7, 11) is 0. The Morgan fingerprint density at radius 2 is 0.923 bits per heavy atom. The molecule has 3 aromatic heterocycles. The normalized spacial score (nSPS) is 11.6. The van der Waals surface area contributed by atoms with E-state index in [1.165, 1.54) is 62.8 Å². The Kier molecular flexibility index (Phi) is 5.22. The molecule has 8 rings (SSSR count). The highest BCUT2D eigenvalue weighted by molar-refractivity contribution is 7.27. The second-order valence-corrected chi connectivity index (χ2v) is 11.7. The van der Waals surface area contributed by atoms with Gasteiger partial charge >= 0.3 is 0 Å². The van der Waals surface area contributed by atoms with E-state index in [-0.39, 0.29) is 0 Å². The molecule has 5 aromatic carbocycles. The van der Waals surface area contributed by atoms with Gasteiger partial charge in [-0.05, 0) is 59.7 Å². The van der Waals surface area contributed by atoms with Crippen LogP contribution in [0.25, 0.3) is 51.5 Å². The molecule has 8 aromatic rings. The van der Waals surface area contributed by atoms with Crippen LogP contribution < -0.4 is 4.90 Å². The zero-order valence-corrected chi connectivity index (χ0v) is 22.5. The van der Waals surface area contributed by atoms with Crippen LogP contribution in [-0.2, 0) is 0 Å². The highest BCUT2D eigenvalue weighted by atomic mass is 32.1. The maximum atomic E-state index is 4.18. The molecule has 0 spiro atoms. The summed E-state index contributed by atoms with van der Waals surface area (Å²) >= 11 is 3.74. The number of anilines is 3. The van der Waals surface area contributed by atoms with Crippen molar-refractivity contribution in [3.8, 4) is 11.1 Å². The Hall–Kier alpha value is -4.51. The number of hydrogen-bond acceptors (Lipinski definition) is 4. The molecule has 184 valence electrons. The summed E-state index contributed by atoms with van der Waals surface area (Å²) in [5.41, 5.74) is 5.90. The van der Waals surface area contributed by atoms with Gasteiger partial charge in [-0.15, -0.1) is 22.7 Å². The Bertz CT molecular complexity index is 2010. The van der Waals surface area contributed by atoms with Gasteiger partial charge in [-0.2, -0.15) is 0 Å². The van der Waals surface area contributed by atoms with Crippen molar-refractivity contribution in [1.29, 1.82) is 0 Å². The number of thiophene rings is 2. The average Bonchev–Trinajstić information content (AvgIpc) is 3.58. The van der Waals surface area contributed by atoms with Crippen molar-refractivity contribution in [2.24, 2.45) is 0 Å². The van der Waals surface area contributed by atoms with Crippen molar-refractivity contribution in [2.75, 3.05) is 4.90 Å². The molecular formula is C35H22N2S2. The van der Waals surface area contributed by atoms with Crippen molar-refractivity contribution in [2.45, 2.75) is 0 Å². The summed E-state index contributed by atoms with van der Waals surface area (Å²) < 4.78 is 5.23. The lowest BCUT2D eigenvalue weighted by Gasteiger charge is -2.27. The average molecular weight is 535 g/mol. The molecule has 0 atom stereocenters. The first-order chi connectivity index (χ1) is 19.3. The molecule has 0 saturated heterocycles. The standard InChI is InChI=1S/C35H22N2S2/c1-3-13-32-26(7-1)28-9-5-11-30(34(28)38-32)37(25-17-15-23(16-18-25)24-19-21-36-22-20-24)31-12-6-10-29-27-8-2-4-14-33(27)39-35(29)31/h1-22H. The topological polar surface area (TPSA) is 16.1 Å². The second-order valence-electron chi connectivity index (χ2n) is 9.62. The van der Waals surface area contributed by atoms with Crippen molar-refractivity contribution in [3.05, 3.63) is 134 Å². The van der Waals surface area contributed by atoms with Crippen LogP contribution in [0.15, 0.2) is 134 Å². The highest BCUT2D eigenvalue weighted by Gasteiger charge is 2.21. The minimum absolute atomic E-state index is 1.14. The Morgan fingerprint density at radius 1 is 0.436 bits per heavy atom. The van der Waals surface area contributed by atoms with Gasteiger partial charge in [-0.1, -0.05) is 72.8 Å². The van der Waals surface area contributed by atoms with E-state index in [1.807, 2.05) is 35.1 Å². The number of fused-ring (bicyclic) bond motifs is 6. The summed E-state index contributed by atoms with van der Waals surface area (Å²) in [5.74, 6) is 0. The summed E-state index contributed by atoms with van der Waals surface area (Å²) in [6.07, 6.45) is 3.69. The molecule has 0 saturated carbocycles. The maximum absolute atomic E-state index is 4.18. The fourth-order valence-electron chi connectivity index (χ4n) is 5.57. The predicted octanol–water partition coefficient (Wildman–Crippen LogP) is 11.0. The van der Waals surface area contributed by atoms with Crippen LogP contribution in [0.4, 0.5) is 17.1 Å². The van der Waals surface area contributed by atoms with E-state index in [9.17, 15) is 0 Å². The molecule has 4 heteroatoms. The first-order valence-electron chi connectivity index (χ1n) is 13.0. The van der Waals surface area contributed by atoms with Gasteiger partial charge in [0.15, 0.2) is 0 Å². The van der Waals surface area contributed by atoms with Crippen LogP contribution in [0.1, 0.15) is 0 Å². The van der Waals surface area contributed by atoms with Gasteiger partial charge in [-0.3, -0.25) is 4.98 Å². The molecule has 0 fully saturated rings. The minimum Gasteiger partial charge on any atom is -0.308 e. The second kappa shape index (κ2) is 9.05. The highest BCUT2D eigenvalue weighted by Crippen LogP contribution is 2.48. The van der Waals surface area contributed by atoms with Crippen LogP contribution in [-0.4, -0.2) is 4.98 Å². The number of rotatable bonds is 4. The molecule has 0 N–H and O–H groups in total. The fraction of sp³-hybridized carbons (Fsp3) is 0. The lowest BCUT2D eigenvalue weighted by atomic mass is 10.1. The smallest absolute Gasteiger partial charge is 0.0640 e. The van der Waals surface area contributed by atoms with Crippen LogP contribution in [0, 0.1) is 0 Å². The largest absolute Gasteiger partial charge is 0.308 e. The molecular weight excluding hydrogens is 513 g/mol. The summed E-state index contributed by atoms with van der Waals surface area (Å²) in [4.78, 5) is 6.63. The Morgan fingerprint density at radius 3 is 1.49 bits per heavy atom. The van der Waals surface area contributed by atoms with E-state index in [2.05, 4.69) is 131 Å². The quantitative estimate of drug-likeness (QED) is 0.223. The third-order valence-corrected chi connectivity index (χ3v) is 9.81. The van der Waals surface area contributed by atoms with Crippen LogP contribution in [0.2, 0.25) is 0 Å². The van der Waals surface area contributed by atoms with E-state index in [1.54, 1.807) is 0 Å². The lowest BCUT2D eigenvalue weighted by molar-refractivity contribution is 1.31. The zero-order chi connectivity index (χ0) is 25.8. The minimum atomic E-state index is 1.14.